The average Bonchev–Trinajstić information content (AvgIpc) is 3.40. The molecule has 14 heteroatoms. The van der Waals surface area contributed by atoms with E-state index in [-0.39, 0.29) is 22.4 Å². The molecular formula is C29H26F4N2O7S. The van der Waals surface area contributed by atoms with E-state index in [1.54, 1.807) is 24.3 Å². The second kappa shape index (κ2) is 12.4. The molecule has 0 aliphatic heterocycles. The summed E-state index contributed by atoms with van der Waals surface area (Å²) in [6.45, 7) is 0. The molecule has 3 aromatic carbocycles. The number of benzene rings is 3. The maximum atomic E-state index is 15.1. The third-order valence-electron chi connectivity index (χ3n) is 7.07. The van der Waals surface area contributed by atoms with Crippen LogP contribution in [0.3, 0.4) is 0 Å². The molecule has 4 rings (SSSR count). The lowest BCUT2D eigenvalue weighted by Gasteiger charge is -2.22. The van der Waals surface area contributed by atoms with Crippen LogP contribution >= 0.6 is 0 Å². The van der Waals surface area contributed by atoms with Crippen molar-refractivity contribution in [3.63, 3.8) is 0 Å². The molecule has 3 aromatic rings. The number of alkyl halides is 3. The Morgan fingerprint density at radius 3 is 2.35 bits per heavy atom. The van der Waals surface area contributed by atoms with Crippen molar-refractivity contribution in [2.24, 2.45) is 5.92 Å². The van der Waals surface area contributed by atoms with Gasteiger partial charge in [0, 0.05) is 22.9 Å². The zero-order valence-corrected chi connectivity index (χ0v) is 23.4. The first-order valence-electron chi connectivity index (χ1n) is 12.9. The Morgan fingerprint density at radius 2 is 1.72 bits per heavy atom. The van der Waals surface area contributed by atoms with Crippen molar-refractivity contribution >= 4 is 33.3 Å². The molecule has 2 unspecified atom stereocenters. The highest BCUT2D eigenvalue weighted by Crippen LogP contribution is 2.33. The number of carboxylic acids is 1. The Hall–Kier alpha value is -4.46. The smallest absolute Gasteiger partial charge is 0.497 e. The topological polar surface area (TPSA) is 139 Å². The molecule has 1 aliphatic carbocycles. The van der Waals surface area contributed by atoms with Crippen LogP contribution in [-0.4, -0.2) is 50.0 Å². The number of aliphatic carboxylic acids is 1. The monoisotopic (exact) mass is 622 g/mol. The van der Waals surface area contributed by atoms with E-state index in [0.29, 0.717) is 36.6 Å². The number of hydrogen-bond acceptors (Lipinski definition) is 6. The van der Waals surface area contributed by atoms with E-state index >= 15 is 4.39 Å². The average molecular weight is 623 g/mol. The SMILES string of the molecule is COc1ccc(-c2cc(C(=O)NC3CCCC3C(=O)Nc3cccc(S(=O)(=O)C(F)(F)F)c3)c(CC(=O)O)cc2F)cc1. The number of ether oxygens (including phenoxy) is 1. The first-order valence-corrected chi connectivity index (χ1v) is 14.4. The molecule has 2 atom stereocenters. The van der Waals surface area contributed by atoms with Crippen molar-refractivity contribution in [1.29, 1.82) is 0 Å². The van der Waals surface area contributed by atoms with Gasteiger partial charge in [0.25, 0.3) is 15.7 Å². The number of anilines is 1. The first kappa shape index (κ1) is 31.5. The maximum absolute atomic E-state index is 15.1. The Bertz CT molecular complexity index is 1660. The number of sulfone groups is 1. The number of hydrogen-bond donors (Lipinski definition) is 3. The largest absolute Gasteiger partial charge is 0.501 e. The predicted molar refractivity (Wildman–Crippen MR) is 147 cm³/mol. The molecule has 0 saturated heterocycles. The van der Waals surface area contributed by atoms with Gasteiger partial charge >= 0.3 is 11.5 Å². The lowest BCUT2D eigenvalue weighted by molar-refractivity contribution is -0.136. The minimum atomic E-state index is -5.64. The summed E-state index contributed by atoms with van der Waals surface area (Å²) < 4.78 is 82.6. The van der Waals surface area contributed by atoms with Gasteiger partial charge in [0.1, 0.15) is 11.6 Å². The molecule has 228 valence electrons. The van der Waals surface area contributed by atoms with E-state index in [9.17, 15) is 41.1 Å². The van der Waals surface area contributed by atoms with Gasteiger partial charge in [-0.3, -0.25) is 14.4 Å². The number of carboxylic acid groups (broad SMARTS) is 1. The van der Waals surface area contributed by atoms with Gasteiger partial charge in [0.05, 0.1) is 24.3 Å². The molecule has 1 fully saturated rings. The lowest BCUT2D eigenvalue weighted by Crippen LogP contribution is -2.42. The molecule has 3 N–H and O–H groups in total. The molecule has 43 heavy (non-hydrogen) atoms. The van der Waals surface area contributed by atoms with Gasteiger partial charge in [0.2, 0.25) is 5.91 Å². The molecule has 0 radical (unpaired) electrons. The van der Waals surface area contributed by atoms with E-state index in [0.717, 1.165) is 18.2 Å². The Morgan fingerprint density at radius 1 is 1.02 bits per heavy atom. The molecule has 1 saturated carbocycles. The summed E-state index contributed by atoms with van der Waals surface area (Å²) in [5, 5.41) is 14.5. The molecule has 1 aliphatic rings. The van der Waals surface area contributed by atoms with Crippen LogP contribution in [-0.2, 0) is 25.8 Å². The summed E-state index contributed by atoms with van der Waals surface area (Å²) in [6.07, 6.45) is 0.523. The van der Waals surface area contributed by atoms with Crippen LogP contribution in [0.1, 0.15) is 35.2 Å². The van der Waals surface area contributed by atoms with E-state index in [2.05, 4.69) is 10.6 Å². The third kappa shape index (κ3) is 6.96. The van der Waals surface area contributed by atoms with Crippen LogP contribution in [0.25, 0.3) is 11.1 Å². The summed E-state index contributed by atoms with van der Waals surface area (Å²) in [4.78, 5) is 36.9. The van der Waals surface area contributed by atoms with E-state index < -0.39 is 62.2 Å². The van der Waals surface area contributed by atoms with Gasteiger partial charge in [0.15, 0.2) is 0 Å². The van der Waals surface area contributed by atoms with Gasteiger partial charge in [-0.1, -0.05) is 24.6 Å². The van der Waals surface area contributed by atoms with Crippen LogP contribution in [0.15, 0.2) is 65.6 Å². The van der Waals surface area contributed by atoms with Crippen molar-refractivity contribution in [2.45, 2.75) is 42.1 Å². The van der Waals surface area contributed by atoms with Crippen LogP contribution in [0, 0.1) is 11.7 Å². The quantitative estimate of drug-likeness (QED) is 0.287. The van der Waals surface area contributed by atoms with Gasteiger partial charge in [-0.05, 0) is 66.4 Å². The van der Waals surface area contributed by atoms with Crippen LogP contribution < -0.4 is 15.4 Å². The lowest BCUT2D eigenvalue weighted by atomic mass is 9.95. The molecule has 0 aromatic heterocycles. The minimum Gasteiger partial charge on any atom is -0.497 e. The molecule has 0 heterocycles. The Kier molecular flexibility index (Phi) is 9.09. The van der Waals surface area contributed by atoms with E-state index in [1.807, 2.05) is 0 Å². The zero-order chi connectivity index (χ0) is 31.5. The number of nitrogens with one attached hydrogen (secondary N) is 2. The van der Waals surface area contributed by atoms with Crippen molar-refractivity contribution < 1.29 is 50.2 Å². The van der Waals surface area contributed by atoms with E-state index in [1.165, 1.54) is 19.2 Å². The Balaban J connectivity index is 1.57. The van der Waals surface area contributed by atoms with E-state index in [4.69, 9.17) is 4.74 Å². The third-order valence-corrected chi connectivity index (χ3v) is 8.55. The van der Waals surface area contributed by atoms with Crippen LogP contribution in [0.4, 0.5) is 23.2 Å². The standard InChI is InChI=1S/C29H26F4N2O7S/c1-42-19-10-8-16(9-11-19)22-15-23(17(12-24(22)30)13-26(36)37)28(39)35-25-7-3-6-21(25)27(38)34-18-4-2-5-20(14-18)43(40,41)29(31,32)33/h2,4-5,8-12,14-15,21,25H,3,6-7,13H2,1H3,(H,34,38)(H,35,39)(H,36,37). The number of methoxy groups -OCH3 is 1. The van der Waals surface area contributed by atoms with Gasteiger partial charge in [-0.2, -0.15) is 13.2 Å². The highest BCUT2D eigenvalue weighted by Gasteiger charge is 2.47. The number of rotatable bonds is 9. The zero-order valence-electron chi connectivity index (χ0n) is 22.6. The minimum absolute atomic E-state index is 0.0383. The molecule has 0 bridgehead atoms. The van der Waals surface area contributed by atoms with Gasteiger partial charge < -0.3 is 20.5 Å². The fourth-order valence-corrected chi connectivity index (χ4v) is 5.74. The second-order valence-electron chi connectivity index (χ2n) is 9.87. The molecule has 9 nitrogen and oxygen atoms in total. The Labute approximate surface area is 243 Å². The summed E-state index contributed by atoms with van der Waals surface area (Å²) in [6, 6.07) is 11.5. The first-order chi connectivity index (χ1) is 20.2. The van der Waals surface area contributed by atoms with Crippen molar-refractivity contribution in [1.82, 2.24) is 5.32 Å². The van der Waals surface area contributed by atoms with Crippen molar-refractivity contribution in [3.8, 4) is 16.9 Å². The van der Waals surface area contributed by atoms with Crippen molar-refractivity contribution in [2.75, 3.05) is 12.4 Å². The van der Waals surface area contributed by atoms with Gasteiger partial charge in [-0.25, -0.2) is 12.8 Å². The molecule has 0 spiro atoms. The number of carbonyl (C=O) groups is 3. The fourth-order valence-electron chi connectivity index (χ4n) is 4.93. The molecular weight excluding hydrogens is 596 g/mol. The second-order valence-corrected chi connectivity index (χ2v) is 11.8. The summed E-state index contributed by atoms with van der Waals surface area (Å²) in [5.41, 5.74) is -5.45. The number of halogens is 4. The fraction of sp³-hybridized carbons (Fsp3) is 0.276. The highest BCUT2D eigenvalue weighted by atomic mass is 32.2. The van der Waals surface area contributed by atoms with Crippen molar-refractivity contribution in [3.05, 3.63) is 77.6 Å². The van der Waals surface area contributed by atoms with Crippen LogP contribution in [0.2, 0.25) is 0 Å². The normalized spacial score (nSPS) is 16.9. The summed E-state index contributed by atoms with van der Waals surface area (Å²) in [7, 11) is -4.17. The summed E-state index contributed by atoms with van der Waals surface area (Å²) in [5.74, 6) is -3.76. The predicted octanol–water partition coefficient (Wildman–Crippen LogP) is 4.96. The highest BCUT2D eigenvalue weighted by molar-refractivity contribution is 7.92. The summed E-state index contributed by atoms with van der Waals surface area (Å²) >= 11 is 0. The number of carbonyl (C=O) groups excluding carboxylic acids is 2. The molecule has 2 amide bonds. The van der Waals surface area contributed by atoms with Crippen LogP contribution in [0.5, 0.6) is 5.75 Å². The number of amides is 2. The van der Waals surface area contributed by atoms with Gasteiger partial charge in [-0.15, -0.1) is 0 Å². The maximum Gasteiger partial charge on any atom is 0.501 e.